The number of ketones is 2. The number of hydrogen-bond donors (Lipinski definition) is 0. The summed E-state index contributed by atoms with van der Waals surface area (Å²) in [6.45, 7) is 0.293. The van der Waals surface area contributed by atoms with Crippen LogP contribution < -0.4 is 9.47 Å². The molecule has 1 heterocycles. The average Bonchev–Trinajstić information content (AvgIpc) is 2.94. The molecule has 4 rings (SSSR count). The van der Waals surface area contributed by atoms with Crippen molar-refractivity contribution in [2.24, 2.45) is 0 Å². The highest BCUT2D eigenvalue weighted by Gasteiger charge is 2.28. The molecule has 37 heavy (non-hydrogen) atoms. The van der Waals surface area contributed by atoms with Crippen molar-refractivity contribution in [3.05, 3.63) is 119 Å². The van der Waals surface area contributed by atoms with Gasteiger partial charge in [0, 0.05) is 22.8 Å². The minimum atomic E-state index is -0.362. The van der Waals surface area contributed by atoms with E-state index >= 15 is 0 Å². The third kappa shape index (κ3) is 6.30. The van der Waals surface area contributed by atoms with Gasteiger partial charge in [-0.3, -0.25) is 14.4 Å². The van der Waals surface area contributed by atoms with Gasteiger partial charge in [0.25, 0.3) is 0 Å². The van der Waals surface area contributed by atoms with Crippen molar-refractivity contribution in [1.82, 2.24) is 4.90 Å². The largest absolute Gasteiger partial charge is 0.493 e. The van der Waals surface area contributed by atoms with Gasteiger partial charge in [-0.05, 0) is 47.6 Å². The maximum Gasteiger partial charge on any atom is 0.247 e. The second-order valence-corrected chi connectivity index (χ2v) is 8.45. The van der Waals surface area contributed by atoms with Gasteiger partial charge >= 0.3 is 0 Å². The molecule has 0 bridgehead atoms. The molecule has 186 valence electrons. The Kier molecular flexibility index (Phi) is 8.11. The fourth-order valence-electron chi connectivity index (χ4n) is 4.03. The van der Waals surface area contributed by atoms with Crippen LogP contribution in [-0.2, 0) is 9.59 Å². The monoisotopic (exact) mass is 493 g/mol. The summed E-state index contributed by atoms with van der Waals surface area (Å²) in [5.41, 5.74) is 3.13. The quantitative estimate of drug-likeness (QED) is 0.341. The lowest BCUT2D eigenvalue weighted by Gasteiger charge is -2.29. The molecule has 6 nitrogen and oxygen atoms in total. The molecule has 0 saturated carbocycles. The summed E-state index contributed by atoms with van der Waals surface area (Å²) < 4.78 is 10.5. The zero-order valence-corrected chi connectivity index (χ0v) is 20.7. The van der Waals surface area contributed by atoms with Gasteiger partial charge in [-0.2, -0.15) is 0 Å². The van der Waals surface area contributed by atoms with E-state index in [1.807, 2.05) is 60.7 Å². The van der Waals surface area contributed by atoms with Crippen LogP contribution in [0.1, 0.15) is 21.5 Å². The van der Waals surface area contributed by atoms with Gasteiger partial charge in [0.2, 0.25) is 5.91 Å². The second-order valence-electron chi connectivity index (χ2n) is 8.45. The van der Waals surface area contributed by atoms with E-state index in [2.05, 4.69) is 0 Å². The number of likely N-dealkylation sites (tertiary alicyclic amines) is 1. The van der Waals surface area contributed by atoms with Crippen molar-refractivity contribution in [2.75, 3.05) is 27.3 Å². The van der Waals surface area contributed by atoms with E-state index in [0.29, 0.717) is 28.2 Å². The van der Waals surface area contributed by atoms with Crippen molar-refractivity contribution >= 4 is 29.6 Å². The van der Waals surface area contributed by atoms with E-state index in [4.69, 9.17) is 9.47 Å². The highest BCUT2D eigenvalue weighted by atomic mass is 16.5. The van der Waals surface area contributed by atoms with Crippen molar-refractivity contribution < 1.29 is 23.9 Å². The van der Waals surface area contributed by atoms with E-state index in [-0.39, 0.29) is 30.6 Å². The highest BCUT2D eigenvalue weighted by molar-refractivity contribution is 6.16. The highest BCUT2D eigenvalue weighted by Crippen LogP contribution is 2.28. The van der Waals surface area contributed by atoms with Crippen LogP contribution >= 0.6 is 0 Å². The topological polar surface area (TPSA) is 72.9 Å². The van der Waals surface area contributed by atoms with Gasteiger partial charge in [-0.15, -0.1) is 0 Å². The molecule has 0 aromatic heterocycles. The van der Waals surface area contributed by atoms with Gasteiger partial charge in [0.05, 0.1) is 27.3 Å². The minimum absolute atomic E-state index is 0.0952. The lowest BCUT2D eigenvalue weighted by atomic mass is 9.94. The summed E-state index contributed by atoms with van der Waals surface area (Å²) in [6.07, 6.45) is 6.09. The van der Waals surface area contributed by atoms with E-state index in [1.165, 1.54) is 26.4 Å². The maximum atomic E-state index is 13.3. The standard InChI is InChI=1S/C31H27NO5/c1-36-28-15-13-24(19-29(28)37-2)27(33)14-16-30(34)32-20-25(17-22-9-5-3-6-10-22)31(35)26(21-32)18-23-11-7-4-8-12-23/h3-19H,20-21H2,1-2H3/b16-14+,25-17+,26-18+. The molecular formula is C31H27NO5. The molecule has 0 N–H and O–H groups in total. The molecule has 3 aromatic carbocycles. The van der Waals surface area contributed by atoms with Crippen molar-refractivity contribution in [2.45, 2.75) is 0 Å². The van der Waals surface area contributed by atoms with Crippen LogP contribution in [0.5, 0.6) is 11.5 Å². The fraction of sp³-hybridized carbons (Fsp3) is 0.129. The summed E-state index contributed by atoms with van der Waals surface area (Å²) in [5, 5.41) is 0. The Bertz CT molecular complexity index is 1330. The first-order valence-corrected chi connectivity index (χ1v) is 11.8. The molecule has 0 unspecified atom stereocenters. The Morgan fingerprint density at radius 1 is 0.730 bits per heavy atom. The van der Waals surface area contributed by atoms with Crippen molar-refractivity contribution in [3.8, 4) is 11.5 Å². The Morgan fingerprint density at radius 3 is 1.78 bits per heavy atom. The summed E-state index contributed by atoms with van der Waals surface area (Å²) in [4.78, 5) is 40.7. The Balaban J connectivity index is 1.59. The van der Waals surface area contributed by atoms with Crippen LogP contribution in [0.2, 0.25) is 0 Å². The van der Waals surface area contributed by atoms with Crippen LogP contribution in [0.15, 0.2) is 102 Å². The number of piperidine rings is 1. The number of ether oxygens (including phenoxy) is 2. The molecule has 1 amide bonds. The molecule has 0 spiro atoms. The number of carbonyl (C=O) groups excluding carboxylic acids is 3. The van der Waals surface area contributed by atoms with Crippen LogP contribution in [0.25, 0.3) is 12.2 Å². The number of amides is 1. The van der Waals surface area contributed by atoms with E-state index in [1.54, 1.807) is 35.3 Å². The molecule has 3 aromatic rings. The molecule has 0 atom stereocenters. The summed E-state index contributed by atoms with van der Waals surface area (Å²) in [7, 11) is 3.01. The SMILES string of the molecule is COc1ccc(C(=O)/C=C/C(=O)N2C/C(=C\c3ccccc3)C(=O)/C(=C/c3ccccc3)C2)cc1OC. The van der Waals surface area contributed by atoms with Gasteiger partial charge in [-0.25, -0.2) is 0 Å². The molecule has 1 saturated heterocycles. The first-order valence-electron chi connectivity index (χ1n) is 11.8. The lowest BCUT2D eigenvalue weighted by Crippen LogP contribution is -2.40. The molecule has 1 aliphatic rings. The van der Waals surface area contributed by atoms with Crippen molar-refractivity contribution in [1.29, 1.82) is 0 Å². The van der Waals surface area contributed by atoms with Crippen LogP contribution in [0, 0.1) is 0 Å². The van der Waals surface area contributed by atoms with Crippen LogP contribution in [0.4, 0.5) is 0 Å². The number of rotatable bonds is 7. The zero-order chi connectivity index (χ0) is 26.2. The first kappa shape index (κ1) is 25.4. The summed E-state index contributed by atoms with van der Waals surface area (Å²) >= 11 is 0. The minimum Gasteiger partial charge on any atom is -0.493 e. The summed E-state index contributed by atoms with van der Waals surface area (Å²) in [5.74, 6) is 0.130. The predicted octanol–water partition coefficient (Wildman–Crippen LogP) is 5.02. The number of carbonyl (C=O) groups is 3. The Hall–Kier alpha value is -4.71. The molecular weight excluding hydrogens is 466 g/mol. The Morgan fingerprint density at radius 2 is 1.27 bits per heavy atom. The second kappa shape index (κ2) is 11.8. The summed E-state index contributed by atoms with van der Waals surface area (Å²) in [6, 6.07) is 23.8. The Labute approximate surface area is 216 Å². The molecule has 1 fully saturated rings. The van der Waals surface area contributed by atoms with Crippen LogP contribution in [-0.4, -0.2) is 49.7 Å². The number of hydrogen-bond acceptors (Lipinski definition) is 5. The lowest BCUT2D eigenvalue weighted by molar-refractivity contribution is -0.126. The third-order valence-electron chi connectivity index (χ3n) is 5.94. The number of methoxy groups -OCH3 is 2. The van der Waals surface area contributed by atoms with Crippen LogP contribution in [0.3, 0.4) is 0 Å². The number of Topliss-reactive ketones (excluding diaryl/α,β-unsaturated/α-hetero) is 1. The number of allylic oxidation sites excluding steroid dienone is 1. The third-order valence-corrected chi connectivity index (χ3v) is 5.94. The van der Waals surface area contributed by atoms with E-state index in [0.717, 1.165) is 11.1 Å². The molecule has 0 aliphatic carbocycles. The van der Waals surface area contributed by atoms with Gasteiger partial charge in [0.1, 0.15) is 0 Å². The predicted molar refractivity (Wildman–Crippen MR) is 143 cm³/mol. The van der Waals surface area contributed by atoms with E-state index < -0.39 is 0 Å². The maximum absolute atomic E-state index is 13.3. The van der Waals surface area contributed by atoms with Gasteiger partial charge < -0.3 is 14.4 Å². The molecule has 6 heteroatoms. The smallest absolute Gasteiger partial charge is 0.247 e. The number of nitrogens with zero attached hydrogens (tertiary/aromatic N) is 1. The molecule has 0 radical (unpaired) electrons. The zero-order valence-electron chi connectivity index (χ0n) is 20.7. The fourth-order valence-corrected chi connectivity index (χ4v) is 4.03. The van der Waals surface area contributed by atoms with Crippen molar-refractivity contribution in [3.63, 3.8) is 0 Å². The number of benzene rings is 3. The first-order chi connectivity index (χ1) is 18.0. The normalized spacial score (nSPS) is 15.8. The van der Waals surface area contributed by atoms with Gasteiger partial charge in [0.15, 0.2) is 23.1 Å². The average molecular weight is 494 g/mol. The van der Waals surface area contributed by atoms with E-state index in [9.17, 15) is 14.4 Å². The van der Waals surface area contributed by atoms with Gasteiger partial charge in [-0.1, -0.05) is 60.7 Å². The molecule has 1 aliphatic heterocycles.